The summed E-state index contributed by atoms with van der Waals surface area (Å²) >= 11 is 0. The summed E-state index contributed by atoms with van der Waals surface area (Å²) in [5.41, 5.74) is 8.64. The predicted octanol–water partition coefficient (Wildman–Crippen LogP) is 1.76. The lowest BCUT2D eigenvalue weighted by Crippen LogP contribution is -2.07. The molecule has 0 aliphatic heterocycles. The van der Waals surface area contributed by atoms with Gasteiger partial charge in [-0.3, -0.25) is 5.10 Å². The quantitative estimate of drug-likeness (QED) is 0.635. The molecule has 0 unspecified atom stereocenters. The molecule has 1 aromatic heterocycles. The standard InChI is InChI=1S/C13H15N3O2/c1-2-18-13(17)11-8-15-16-12(11)7-9-4-3-5-10(14)6-9/h3-6,8H,2,7,14H2,1H3,(H,15,16). The highest BCUT2D eigenvalue weighted by Gasteiger charge is 2.14. The molecule has 94 valence electrons. The summed E-state index contributed by atoms with van der Waals surface area (Å²) < 4.78 is 4.96. The van der Waals surface area contributed by atoms with Gasteiger partial charge in [0, 0.05) is 12.1 Å². The number of carbonyl (C=O) groups is 1. The maximum atomic E-state index is 11.7. The third-order valence-electron chi connectivity index (χ3n) is 2.55. The number of nitrogen functional groups attached to an aromatic ring is 1. The molecule has 0 amide bonds. The Labute approximate surface area is 105 Å². The molecule has 5 heteroatoms. The highest BCUT2D eigenvalue weighted by molar-refractivity contribution is 5.90. The van der Waals surface area contributed by atoms with Crippen molar-refractivity contribution in [1.29, 1.82) is 0 Å². The van der Waals surface area contributed by atoms with E-state index in [2.05, 4.69) is 10.2 Å². The van der Waals surface area contributed by atoms with E-state index in [1.807, 2.05) is 24.3 Å². The van der Waals surface area contributed by atoms with Gasteiger partial charge in [-0.2, -0.15) is 5.10 Å². The van der Waals surface area contributed by atoms with E-state index in [1.165, 1.54) is 6.20 Å². The molecule has 0 radical (unpaired) electrons. The van der Waals surface area contributed by atoms with E-state index in [0.29, 0.717) is 24.3 Å². The van der Waals surface area contributed by atoms with Crippen molar-refractivity contribution in [2.24, 2.45) is 0 Å². The van der Waals surface area contributed by atoms with Crippen molar-refractivity contribution in [3.63, 3.8) is 0 Å². The van der Waals surface area contributed by atoms with Gasteiger partial charge in [0.2, 0.25) is 0 Å². The lowest BCUT2D eigenvalue weighted by atomic mass is 10.1. The molecule has 0 aliphatic rings. The van der Waals surface area contributed by atoms with Crippen LogP contribution in [-0.2, 0) is 11.2 Å². The Morgan fingerprint density at radius 3 is 3.06 bits per heavy atom. The van der Waals surface area contributed by atoms with Gasteiger partial charge in [0.05, 0.1) is 18.5 Å². The number of esters is 1. The first-order valence-electron chi connectivity index (χ1n) is 5.74. The zero-order valence-electron chi connectivity index (χ0n) is 10.1. The van der Waals surface area contributed by atoms with Crippen LogP contribution < -0.4 is 5.73 Å². The molecule has 0 aliphatic carbocycles. The first kappa shape index (κ1) is 12.2. The van der Waals surface area contributed by atoms with E-state index >= 15 is 0 Å². The lowest BCUT2D eigenvalue weighted by Gasteiger charge is -2.04. The number of H-pyrrole nitrogens is 1. The average Bonchev–Trinajstić information content (AvgIpc) is 2.77. The van der Waals surface area contributed by atoms with Crippen LogP contribution in [0, 0.1) is 0 Å². The Morgan fingerprint density at radius 2 is 2.33 bits per heavy atom. The third-order valence-corrected chi connectivity index (χ3v) is 2.55. The van der Waals surface area contributed by atoms with Crippen LogP contribution in [0.1, 0.15) is 28.5 Å². The second-order valence-corrected chi connectivity index (χ2v) is 3.90. The summed E-state index contributed by atoms with van der Waals surface area (Å²) in [7, 11) is 0. The zero-order valence-corrected chi connectivity index (χ0v) is 10.1. The van der Waals surface area contributed by atoms with Crippen molar-refractivity contribution in [2.45, 2.75) is 13.3 Å². The van der Waals surface area contributed by atoms with Crippen LogP contribution in [0.4, 0.5) is 5.69 Å². The number of anilines is 1. The summed E-state index contributed by atoms with van der Waals surface area (Å²) in [4.78, 5) is 11.7. The minimum atomic E-state index is -0.356. The zero-order chi connectivity index (χ0) is 13.0. The molecule has 0 bridgehead atoms. The fourth-order valence-electron chi connectivity index (χ4n) is 1.74. The maximum Gasteiger partial charge on any atom is 0.341 e. The number of benzene rings is 1. The van der Waals surface area contributed by atoms with Crippen LogP contribution >= 0.6 is 0 Å². The first-order chi connectivity index (χ1) is 8.70. The fourth-order valence-corrected chi connectivity index (χ4v) is 1.74. The van der Waals surface area contributed by atoms with E-state index < -0.39 is 0 Å². The van der Waals surface area contributed by atoms with Gasteiger partial charge < -0.3 is 10.5 Å². The van der Waals surface area contributed by atoms with Crippen LogP contribution in [-0.4, -0.2) is 22.8 Å². The fraction of sp³-hybridized carbons (Fsp3) is 0.231. The molecule has 3 N–H and O–H groups in total. The number of hydrogen-bond donors (Lipinski definition) is 2. The number of rotatable bonds is 4. The highest BCUT2D eigenvalue weighted by Crippen LogP contribution is 2.14. The molecular weight excluding hydrogens is 230 g/mol. The van der Waals surface area contributed by atoms with Gasteiger partial charge in [-0.25, -0.2) is 4.79 Å². The van der Waals surface area contributed by atoms with Crippen LogP contribution in [0.25, 0.3) is 0 Å². The monoisotopic (exact) mass is 245 g/mol. The van der Waals surface area contributed by atoms with E-state index in [4.69, 9.17) is 10.5 Å². The molecule has 18 heavy (non-hydrogen) atoms. The number of nitrogens with two attached hydrogens (primary N) is 1. The molecule has 5 nitrogen and oxygen atoms in total. The number of hydrogen-bond acceptors (Lipinski definition) is 4. The molecule has 1 aromatic carbocycles. The Balaban J connectivity index is 2.20. The van der Waals surface area contributed by atoms with Crippen molar-refractivity contribution in [3.05, 3.63) is 47.3 Å². The molecule has 2 rings (SSSR count). The van der Waals surface area contributed by atoms with E-state index in [0.717, 1.165) is 11.3 Å². The van der Waals surface area contributed by atoms with E-state index in [9.17, 15) is 4.79 Å². The summed E-state index contributed by atoms with van der Waals surface area (Å²) in [5.74, 6) is -0.356. The van der Waals surface area contributed by atoms with Crippen molar-refractivity contribution in [2.75, 3.05) is 12.3 Å². The summed E-state index contributed by atoms with van der Waals surface area (Å²) in [6.07, 6.45) is 2.05. The Morgan fingerprint density at radius 1 is 1.50 bits per heavy atom. The van der Waals surface area contributed by atoms with E-state index in [1.54, 1.807) is 6.92 Å². The molecule has 0 spiro atoms. The van der Waals surface area contributed by atoms with E-state index in [-0.39, 0.29) is 5.97 Å². The van der Waals surface area contributed by atoms with Gasteiger partial charge in [-0.15, -0.1) is 0 Å². The number of aromatic amines is 1. The van der Waals surface area contributed by atoms with Crippen molar-refractivity contribution < 1.29 is 9.53 Å². The second kappa shape index (κ2) is 5.35. The minimum absolute atomic E-state index is 0.349. The van der Waals surface area contributed by atoms with Crippen molar-refractivity contribution in [1.82, 2.24) is 10.2 Å². The molecular formula is C13H15N3O2. The molecule has 0 atom stereocenters. The van der Waals surface area contributed by atoms with Gasteiger partial charge in [-0.1, -0.05) is 12.1 Å². The van der Waals surface area contributed by atoms with Crippen LogP contribution in [0.15, 0.2) is 30.5 Å². The normalized spacial score (nSPS) is 10.3. The Kier molecular flexibility index (Phi) is 3.62. The highest BCUT2D eigenvalue weighted by atomic mass is 16.5. The van der Waals surface area contributed by atoms with Crippen molar-refractivity contribution >= 4 is 11.7 Å². The molecule has 0 saturated carbocycles. The first-order valence-corrected chi connectivity index (χ1v) is 5.74. The second-order valence-electron chi connectivity index (χ2n) is 3.90. The van der Waals surface area contributed by atoms with Crippen LogP contribution in [0.3, 0.4) is 0 Å². The maximum absolute atomic E-state index is 11.7. The van der Waals surface area contributed by atoms with Gasteiger partial charge in [0.1, 0.15) is 5.56 Å². The molecule has 0 saturated heterocycles. The molecule has 1 heterocycles. The van der Waals surface area contributed by atoms with Crippen LogP contribution in [0.2, 0.25) is 0 Å². The number of ether oxygens (including phenoxy) is 1. The average molecular weight is 245 g/mol. The SMILES string of the molecule is CCOC(=O)c1cn[nH]c1Cc1cccc(N)c1. The molecule has 0 fully saturated rings. The Bertz CT molecular complexity index is 549. The largest absolute Gasteiger partial charge is 0.462 e. The number of carbonyl (C=O) groups excluding carboxylic acids is 1. The lowest BCUT2D eigenvalue weighted by molar-refractivity contribution is 0.0525. The summed E-state index contributed by atoms with van der Waals surface area (Å²) in [6, 6.07) is 7.52. The number of nitrogens with zero attached hydrogens (tertiary/aromatic N) is 1. The van der Waals surface area contributed by atoms with Crippen molar-refractivity contribution in [3.8, 4) is 0 Å². The minimum Gasteiger partial charge on any atom is -0.462 e. The van der Waals surface area contributed by atoms with Gasteiger partial charge in [0.15, 0.2) is 0 Å². The number of aromatic nitrogens is 2. The topological polar surface area (TPSA) is 81.0 Å². The number of nitrogens with one attached hydrogen (secondary N) is 1. The van der Waals surface area contributed by atoms with Gasteiger partial charge >= 0.3 is 5.97 Å². The smallest absolute Gasteiger partial charge is 0.341 e. The summed E-state index contributed by atoms with van der Waals surface area (Å²) in [6.45, 7) is 2.12. The van der Waals surface area contributed by atoms with Crippen LogP contribution in [0.5, 0.6) is 0 Å². The van der Waals surface area contributed by atoms with Gasteiger partial charge in [-0.05, 0) is 24.6 Å². The summed E-state index contributed by atoms with van der Waals surface area (Å²) in [5, 5.41) is 6.71. The van der Waals surface area contributed by atoms with Gasteiger partial charge in [0.25, 0.3) is 0 Å². The molecule has 2 aromatic rings. The third kappa shape index (κ3) is 2.68. The Hall–Kier alpha value is -2.30. The predicted molar refractivity (Wildman–Crippen MR) is 68.2 cm³/mol.